The molecule has 1 aliphatic rings. The molecule has 1 fully saturated rings. The van der Waals surface area contributed by atoms with Crippen LogP contribution in [-0.2, 0) is 6.54 Å². The van der Waals surface area contributed by atoms with Crippen molar-refractivity contribution < 1.29 is 4.39 Å². The van der Waals surface area contributed by atoms with Crippen molar-refractivity contribution in [1.82, 2.24) is 10.2 Å². The first-order chi connectivity index (χ1) is 8.19. The Kier molecular flexibility index (Phi) is 4.13. The average molecular weight is 236 g/mol. The summed E-state index contributed by atoms with van der Waals surface area (Å²) in [7, 11) is 2.03. The van der Waals surface area contributed by atoms with Crippen molar-refractivity contribution in [3.05, 3.63) is 35.1 Å². The van der Waals surface area contributed by atoms with Gasteiger partial charge in [0.25, 0.3) is 0 Å². The Hall–Kier alpha value is -0.930. The summed E-state index contributed by atoms with van der Waals surface area (Å²) < 4.78 is 13.2. The minimum absolute atomic E-state index is 0.109. The zero-order valence-electron chi connectivity index (χ0n) is 10.7. The minimum Gasteiger partial charge on any atom is -0.317 e. The van der Waals surface area contributed by atoms with Crippen LogP contribution >= 0.6 is 0 Å². The molecule has 0 spiro atoms. The van der Waals surface area contributed by atoms with Gasteiger partial charge in [-0.15, -0.1) is 0 Å². The van der Waals surface area contributed by atoms with Crippen molar-refractivity contribution in [1.29, 1.82) is 0 Å². The summed E-state index contributed by atoms with van der Waals surface area (Å²) >= 11 is 0. The third-order valence-electron chi connectivity index (χ3n) is 3.62. The maximum absolute atomic E-state index is 13.2. The van der Waals surface area contributed by atoms with Gasteiger partial charge in [-0.25, -0.2) is 4.39 Å². The summed E-state index contributed by atoms with van der Waals surface area (Å²) in [6, 6.07) is 6.10. The van der Waals surface area contributed by atoms with Crippen LogP contribution in [0.2, 0.25) is 0 Å². The second kappa shape index (κ2) is 5.61. The van der Waals surface area contributed by atoms with Gasteiger partial charge < -0.3 is 5.32 Å². The zero-order valence-corrected chi connectivity index (χ0v) is 10.7. The quantitative estimate of drug-likeness (QED) is 0.866. The van der Waals surface area contributed by atoms with E-state index in [1.54, 1.807) is 6.07 Å². The number of likely N-dealkylation sites (tertiary alicyclic amines) is 1. The molecule has 1 aliphatic heterocycles. The van der Waals surface area contributed by atoms with Crippen molar-refractivity contribution in [3.8, 4) is 0 Å². The van der Waals surface area contributed by atoms with Crippen molar-refractivity contribution >= 4 is 0 Å². The predicted molar refractivity (Wildman–Crippen MR) is 68.5 cm³/mol. The van der Waals surface area contributed by atoms with Gasteiger partial charge in [0.1, 0.15) is 5.82 Å². The Morgan fingerprint density at radius 1 is 1.35 bits per heavy atom. The van der Waals surface area contributed by atoms with E-state index < -0.39 is 0 Å². The number of hydrogen-bond acceptors (Lipinski definition) is 2. The Labute approximate surface area is 103 Å². The van der Waals surface area contributed by atoms with Crippen LogP contribution in [0.5, 0.6) is 0 Å². The third-order valence-corrected chi connectivity index (χ3v) is 3.62. The molecule has 0 amide bonds. The van der Waals surface area contributed by atoms with E-state index in [1.165, 1.54) is 18.4 Å². The number of benzene rings is 1. The van der Waals surface area contributed by atoms with Crippen LogP contribution in [-0.4, -0.2) is 31.1 Å². The van der Waals surface area contributed by atoms with E-state index in [1.807, 2.05) is 26.1 Å². The van der Waals surface area contributed by atoms with Crippen molar-refractivity contribution in [2.75, 3.05) is 20.1 Å². The van der Waals surface area contributed by atoms with Crippen molar-refractivity contribution in [2.45, 2.75) is 32.4 Å². The van der Waals surface area contributed by atoms with Gasteiger partial charge in [0, 0.05) is 12.6 Å². The molecular formula is C14H21FN2. The maximum atomic E-state index is 13.2. The molecule has 1 saturated heterocycles. The molecule has 3 heteroatoms. The molecular weight excluding hydrogens is 215 g/mol. The Morgan fingerprint density at radius 2 is 2.06 bits per heavy atom. The largest absolute Gasteiger partial charge is 0.317 e. The number of hydrogen-bond donors (Lipinski definition) is 1. The molecule has 0 atom stereocenters. The standard InChI is InChI=1S/C14H21FN2/c1-11-9-12(3-4-14(11)15)10-17-7-5-13(16-2)6-8-17/h3-4,9,13,16H,5-8,10H2,1-2H3. The van der Waals surface area contributed by atoms with Crippen LogP contribution in [0.4, 0.5) is 4.39 Å². The molecule has 0 bridgehead atoms. The Morgan fingerprint density at radius 3 is 2.65 bits per heavy atom. The van der Waals surface area contributed by atoms with Crippen LogP contribution in [0.1, 0.15) is 24.0 Å². The number of piperidine rings is 1. The molecule has 0 aliphatic carbocycles. The summed E-state index contributed by atoms with van der Waals surface area (Å²) in [5.74, 6) is -0.109. The van der Waals surface area contributed by atoms with Gasteiger partial charge in [-0.2, -0.15) is 0 Å². The lowest BCUT2D eigenvalue weighted by Gasteiger charge is -2.31. The van der Waals surface area contributed by atoms with E-state index in [0.717, 1.165) is 25.2 Å². The average Bonchev–Trinajstić information content (AvgIpc) is 2.35. The summed E-state index contributed by atoms with van der Waals surface area (Å²) in [6.45, 7) is 5.02. The van der Waals surface area contributed by atoms with E-state index in [0.29, 0.717) is 6.04 Å². The number of nitrogens with one attached hydrogen (secondary N) is 1. The molecule has 1 N–H and O–H groups in total. The summed E-state index contributed by atoms with van der Waals surface area (Å²) in [4.78, 5) is 2.44. The molecule has 1 aromatic carbocycles. The highest BCUT2D eigenvalue weighted by atomic mass is 19.1. The SMILES string of the molecule is CNC1CCN(Cc2ccc(F)c(C)c2)CC1. The predicted octanol–water partition coefficient (Wildman–Crippen LogP) is 2.32. The van der Waals surface area contributed by atoms with E-state index in [2.05, 4.69) is 10.2 Å². The van der Waals surface area contributed by atoms with Crippen molar-refractivity contribution in [3.63, 3.8) is 0 Å². The van der Waals surface area contributed by atoms with Gasteiger partial charge in [-0.1, -0.05) is 12.1 Å². The van der Waals surface area contributed by atoms with Gasteiger partial charge in [-0.05, 0) is 57.1 Å². The van der Waals surface area contributed by atoms with Gasteiger partial charge in [-0.3, -0.25) is 4.90 Å². The van der Waals surface area contributed by atoms with Gasteiger partial charge in [0.05, 0.1) is 0 Å². The highest BCUT2D eigenvalue weighted by molar-refractivity contribution is 5.23. The molecule has 1 heterocycles. The molecule has 0 saturated carbocycles. The molecule has 0 aromatic heterocycles. The first-order valence-electron chi connectivity index (χ1n) is 6.33. The first-order valence-corrected chi connectivity index (χ1v) is 6.33. The maximum Gasteiger partial charge on any atom is 0.126 e. The zero-order chi connectivity index (χ0) is 12.3. The molecule has 2 rings (SSSR count). The number of nitrogens with zero attached hydrogens (tertiary/aromatic N) is 1. The third kappa shape index (κ3) is 3.27. The highest BCUT2D eigenvalue weighted by Crippen LogP contribution is 2.15. The Balaban J connectivity index is 1.91. The van der Waals surface area contributed by atoms with Crippen LogP contribution in [0.3, 0.4) is 0 Å². The number of aryl methyl sites for hydroxylation is 1. The monoisotopic (exact) mass is 236 g/mol. The van der Waals surface area contributed by atoms with Crippen LogP contribution < -0.4 is 5.32 Å². The van der Waals surface area contributed by atoms with Crippen LogP contribution in [0.15, 0.2) is 18.2 Å². The van der Waals surface area contributed by atoms with E-state index in [4.69, 9.17) is 0 Å². The fourth-order valence-corrected chi connectivity index (χ4v) is 2.44. The first kappa shape index (κ1) is 12.5. The lowest BCUT2D eigenvalue weighted by Crippen LogP contribution is -2.40. The van der Waals surface area contributed by atoms with Crippen LogP contribution in [0.25, 0.3) is 0 Å². The topological polar surface area (TPSA) is 15.3 Å². The Bertz CT molecular complexity index is 370. The van der Waals surface area contributed by atoms with Gasteiger partial charge in [0.2, 0.25) is 0 Å². The van der Waals surface area contributed by atoms with E-state index in [-0.39, 0.29) is 5.82 Å². The fraction of sp³-hybridized carbons (Fsp3) is 0.571. The fourth-order valence-electron chi connectivity index (χ4n) is 2.44. The lowest BCUT2D eigenvalue weighted by atomic mass is 10.0. The van der Waals surface area contributed by atoms with Gasteiger partial charge >= 0.3 is 0 Å². The smallest absolute Gasteiger partial charge is 0.126 e. The second-order valence-corrected chi connectivity index (χ2v) is 4.92. The molecule has 0 unspecified atom stereocenters. The molecule has 94 valence electrons. The lowest BCUT2D eigenvalue weighted by molar-refractivity contribution is 0.194. The highest BCUT2D eigenvalue weighted by Gasteiger charge is 2.17. The molecule has 0 radical (unpaired) electrons. The normalized spacial score (nSPS) is 18.5. The summed E-state index contributed by atoms with van der Waals surface area (Å²) in [6.07, 6.45) is 2.41. The number of rotatable bonds is 3. The van der Waals surface area contributed by atoms with E-state index >= 15 is 0 Å². The molecule has 2 nitrogen and oxygen atoms in total. The van der Waals surface area contributed by atoms with E-state index in [9.17, 15) is 4.39 Å². The van der Waals surface area contributed by atoms with Gasteiger partial charge in [0.15, 0.2) is 0 Å². The number of halogens is 1. The minimum atomic E-state index is -0.109. The van der Waals surface area contributed by atoms with Crippen molar-refractivity contribution in [2.24, 2.45) is 0 Å². The summed E-state index contributed by atoms with van der Waals surface area (Å²) in [5.41, 5.74) is 1.96. The molecule has 1 aromatic rings. The molecule has 17 heavy (non-hydrogen) atoms. The summed E-state index contributed by atoms with van der Waals surface area (Å²) in [5, 5.41) is 3.33. The second-order valence-electron chi connectivity index (χ2n) is 4.92. The van der Waals surface area contributed by atoms with Crippen LogP contribution in [0, 0.1) is 12.7 Å².